The molecule has 2 amide bonds. The van der Waals surface area contributed by atoms with Gasteiger partial charge >= 0.3 is 0 Å². The molecule has 0 aromatic carbocycles. The molecule has 2 radical (unpaired) electrons. The van der Waals surface area contributed by atoms with Gasteiger partial charge in [0.15, 0.2) is 0 Å². The Balaban J connectivity index is 0. The van der Waals surface area contributed by atoms with Crippen LogP contribution < -0.4 is 0 Å². The number of amides is 2. The van der Waals surface area contributed by atoms with Crippen LogP contribution in [0.2, 0.25) is 0 Å². The zero-order valence-corrected chi connectivity index (χ0v) is 32.0. The third-order valence-electron chi connectivity index (χ3n) is 8.33. The minimum atomic E-state index is -1.17. The molecule has 4 aliphatic rings. The van der Waals surface area contributed by atoms with Gasteiger partial charge in [0.1, 0.15) is 5.60 Å². The maximum absolute atomic E-state index is 11.0. The van der Waals surface area contributed by atoms with Crippen LogP contribution in [0.3, 0.4) is 0 Å². The molecule has 2 saturated heterocycles. The number of carbonyl (C=O) groups excluding carboxylic acids is 2. The molecule has 0 aromatic rings. The minimum absolute atomic E-state index is 0. The quantitative estimate of drug-likeness (QED) is 0.291. The van der Waals surface area contributed by atoms with E-state index in [0.29, 0.717) is 19.3 Å². The van der Waals surface area contributed by atoms with Crippen molar-refractivity contribution >= 4 is 11.8 Å². The molecular weight excluding hydrogens is 930 g/mol. The predicted octanol–water partition coefficient (Wildman–Crippen LogP) is 2.60. The molecule has 2 aliphatic heterocycles. The molecule has 3 N–H and O–H groups in total. The Kier molecular flexibility index (Phi) is 15.4. The van der Waals surface area contributed by atoms with Gasteiger partial charge in [-0.1, -0.05) is 70.0 Å². The van der Waals surface area contributed by atoms with E-state index in [1.807, 2.05) is 39.8 Å². The maximum Gasteiger partial charge on any atom is 0.108 e. The molecule has 2 aliphatic carbocycles. The van der Waals surface area contributed by atoms with Crippen molar-refractivity contribution in [2.75, 3.05) is 6.61 Å². The van der Waals surface area contributed by atoms with Crippen molar-refractivity contribution in [2.45, 2.75) is 76.2 Å². The second-order valence-corrected chi connectivity index (χ2v) is 9.66. The third kappa shape index (κ3) is 6.71. The second kappa shape index (κ2) is 13.8. The van der Waals surface area contributed by atoms with Crippen LogP contribution in [0.1, 0.15) is 53.9 Å². The Morgan fingerprint density at radius 3 is 1.38 bits per heavy atom. The van der Waals surface area contributed by atoms with Gasteiger partial charge < -0.3 is 35.5 Å². The van der Waals surface area contributed by atoms with Crippen molar-refractivity contribution in [1.82, 2.24) is 0 Å². The number of carbonyl (C=O) groups is 2. The van der Waals surface area contributed by atoms with E-state index in [9.17, 15) is 19.8 Å². The summed E-state index contributed by atoms with van der Waals surface area (Å²) in [5, 5.41) is 37.7. The van der Waals surface area contributed by atoms with Crippen molar-refractivity contribution in [3.8, 4) is 0 Å². The van der Waals surface area contributed by atoms with Crippen LogP contribution in [0.5, 0.6) is 0 Å². The molecular formula is C23H34N2O5W2Y2-2. The first-order valence-electron chi connectivity index (χ1n) is 10.8. The van der Waals surface area contributed by atoms with Gasteiger partial charge in [0.2, 0.25) is 0 Å². The second-order valence-electron chi connectivity index (χ2n) is 9.66. The van der Waals surface area contributed by atoms with Gasteiger partial charge in [-0.2, -0.15) is 0 Å². The van der Waals surface area contributed by atoms with E-state index in [2.05, 4.69) is 17.6 Å². The monoisotopic (exact) mass is 964 g/mol. The van der Waals surface area contributed by atoms with Crippen LogP contribution in [0.15, 0.2) is 24.3 Å². The molecule has 8 atom stereocenters. The first kappa shape index (κ1) is 38.0. The van der Waals surface area contributed by atoms with Gasteiger partial charge in [0.05, 0.1) is 24.0 Å². The Labute approximate surface area is 282 Å². The standard InChI is InChI=1S/C12H19NO2.C11H17NO3.2W.2Y/c1-4-12(15)6-5-11(7-10(14)13-11)8(2)9(12)3;1-7-8(2)11(15,6-13)4-3-10(7)5-9(14)12-10;;;;/h5-6,8-9,15H,4,7H2,1-3H3,(H,13,14);3-4,7-8,13,15H,5-6H2,1-2H3,(H,12,14);;;;/p-2/t8-,9+,11?,12+;7-,8+,10?,11-;;;;/m11..../s1. The number of nitrogens with zero attached hydrogens (tertiary/aromatic N) is 2. The van der Waals surface area contributed by atoms with E-state index in [1.165, 1.54) is 0 Å². The fraction of sp³-hybridized carbons (Fsp3) is 0.739. The van der Waals surface area contributed by atoms with Crippen molar-refractivity contribution in [3.63, 3.8) is 0 Å². The van der Waals surface area contributed by atoms with E-state index >= 15 is 0 Å². The zero-order chi connectivity index (χ0) is 22.5. The molecule has 2 fully saturated rings. The van der Waals surface area contributed by atoms with Gasteiger partial charge in [-0.15, -0.1) is 0 Å². The van der Waals surface area contributed by atoms with E-state index in [0.717, 1.165) is 0 Å². The van der Waals surface area contributed by atoms with E-state index < -0.39 is 16.7 Å². The van der Waals surface area contributed by atoms with Crippen molar-refractivity contribution in [3.05, 3.63) is 34.9 Å². The fourth-order valence-corrected chi connectivity index (χ4v) is 5.19. The third-order valence-corrected chi connectivity index (χ3v) is 8.33. The molecule has 2 unspecified atom stereocenters. The van der Waals surface area contributed by atoms with Gasteiger partial charge in [0, 0.05) is 108 Å². The van der Waals surface area contributed by atoms with Gasteiger partial charge in [0.25, 0.3) is 0 Å². The topological polar surface area (TPSA) is 123 Å². The number of hydrogen-bond acceptors (Lipinski definition) is 5. The molecule has 0 aromatic heterocycles. The summed E-state index contributed by atoms with van der Waals surface area (Å²) in [6, 6.07) is 0. The first-order chi connectivity index (χ1) is 13.9. The SMILES string of the molecule is CC[C@]1(O)C=CC2(CC(=O)[N-]2)[C@H](C)[C@@H]1C.C[C@@H]1[C@H](C)[C@](O)(CO)C=CC12CC(=O)[N-]2.[W].[W].[Y].[Y]. The largest absolute Gasteiger partial charge is 0.644 e. The first-order valence-corrected chi connectivity index (χ1v) is 10.8. The maximum atomic E-state index is 11.0. The summed E-state index contributed by atoms with van der Waals surface area (Å²) >= 11 is 0. The van der Waals surface area contributed by atoms with E-state index in [4.69, 9.17) is 5.11 Å². The minimum Gasteiger partial charge on any atom is -0.644 e. The van der Waals surface area contributed by atoms with Crippen molar-refractivity contribution in [2.24, 2.45) is 23.7 Å². The number of aliphatic hydroxyl groups is 3. The smallest absolute Gasteiger partial charge is 0.108 e. The van der Waals surface area contributed by atoms with Crippen LogP contribution in [0.25, 0.3) is 10.6 Å². The number of β-lactam (4-membered cyclic amide) rings is 2. The molecule has 2 spiro atoms. The summed E-state index contributed by atoms with van der Waals surface area (Å²) in [6.45, 7) is 9.64. The average molecular weight is 964 g/mol. The summed E-state index contributed by atoms with van der Waals surface area (Å²) in [5.74, 6) is 0.241. The van der Waals surface area contributed by atoms with Crippen LogP contribution in [0.4, 0.5) is 0 Å². The van der Waals surface area contributed by atoms with Gasteiger partial charge in [-0.3, -0.25) is 0 Å². The molecule has 2 heterocycles. The summed E-state index contributed by atoms with van der Waals surface area (Å²) in [5.41, 5.74) is -2.62. The Morgan fingerprint density at radius 2 is 1.09 bits per heavy atom. The normalized spacial score (nSPS) is 43.2. The summed E-state index contributed by atoms with van der Waals surface area (Å²) < 4.78 is 0. The molecule has 0 saturated carbocycles. The van der Waals surface area contributed by atoms with Crippen LogP contribution in [-0.2, 0) is 117 Å². The molecule has 186 valence electrons. The number of aliphatic hydroxyl groups excluding tert-OH is 1. The predicted molar refractivity (Wildman–Crippen MR) is 114 cm³/mol. The number of rotatable bonds is 2. The Bertz CT molecular complexity index is 719. The van der Waals surface area contributed by atoms with Gasteiger partial charge in [-0.25, -0.2) is 0 Å². The average Bonchev–Trinajstić information content (AvgIpc) is 2.68. The van der Waals surface area contributed by atoms with Crippen LogP contribution in [-0.4, -0.2) is 56.0 Å². The van der Waals surface area contributed by atoms with E-state index in [-0.39, 0.29) is 155 Å². The Morgan fingerprint density at radius 1 is 0.765 bits per heavy atom. The molecule has 34 heavy (non-hydrogen) atoms. The molecule has 0 bridgehead atoms. The van der Waals surface area contributed by atoms with E-state index in [1.54, 1.807) is 12.2 Å². The molecule has 7 nitrogen and oxygen atoms in total. The van der Waals surface area contributed by atoms with Crippen LogP contribution >= 0.6 is 0 Å². The Hall–Kier alpha value is 1.88. The van der Waals surface area contributed by atoms with Crippen molar-refractivity contribution in [1.29, 1.82) is 0 Å². The molecule has 4 rings (SSSR count). The van der Waals surface area contributed by atoms with Crippen LogP contribution in [0, 0.1) is 23.7 Å². The summed E-state index contributed by atoms with van der Waals surface area (Å²) in [6.07, 6.45) is 8.78. The summed E-state index contributed by atoms with van der Waals surface area (Å²) in [7, 11) is 0. The fourth-order valence-electron chi connectivity index (χ4n) is 5.19. The number of hydrogen-bond donors (Lipinski definition) is 3. The summed E-state index contributed by atoms with van der Waals surface area (Å²) in [4.78, 5) is 21.9. The zero-order valence-electron chi connectivity index (χ0n) is 20.5. The van der Waals surface area contributed by atoms with Crippen molar-refractivity contribution < 1.29 is 132 Å². The molecule has 11 heteroatoms. The van der Waals surface area contributed by atoms with Gasteiger partial charge in [-0.05, 0) is 42.9 Å².